The number of benzene rings is 2. The number of aliphatic hydroxyl groups excluding tert-OH is 3. The lowest BCUT2D eigenvalue weighted by molar-refractivity contribution is 0.0914. The molecule has 31 heavy (non-hydrogen) atoms. The fourth-order valence-electron chi connectivity index (χ4n) is 2.69. The molecule has 0 radical (unpaired) electrons. The summed E-state index contributed by atoms with van der Waals surface area (Å²) in [5.74, 6) is -0.00546. The van der Waals surface area contributed by atoms with Gasteiger partial charge in [-0.05, 0) is 29.8 Å². The maximum Gasteiger partial charge on any atom is 0.252 e. The van der Waals surface area contributed by atoms with Crippen LogP contribution in [0.4, 0.5) is 0 Å². The summed E-state index contributed by atoms with van der Waals surface area (Å²) in [6.07, 6.45) is -1.38. The van der Waals surface area contributed by atoms with Crippen LogP contribution in [0.25, 0.3) is 0 Å². The Labute approximate surface area is 186 Å². The number of para-hydroxylation sites is 1. The normalized spacial score (nSPS) is 12.5. The van der Waals surface area contributed by atoms with Crippen LogP contribution in [0.3, 0.4) is 0 Å². The zero-order valence-corrected chi connectivity index (χ0v) is 17.8. The van der Waals surface area contributed by atoms with Crippen LogP contribution in [0.15, 0.2) is 42.5 Å². The molecule has 9 nitrogen and oxygen atoms in total. The minimum absolute atomic E-state index is 0. The van der Waals surface area contributed by atoms with Crippen LogP contribution in [-0.2, 0) is 6.42 Å². The summed E-state index contributed by atoms with van der Waals surface area (Å²) in [6.45, 7) is 0.700. The number of halogens is 1. The third kappa shape index (κ3) is 8.99. The van der Waals surface area contributed by atoms with Gasteiger partial charge in [0.2, 0.25) is 0 Å². The highest BCUT2D eigenvalue weighted by atomic mass is 35.5. The minimum atomic E-state index is -0.867. The first-order valence-electron chi connectivity index (χ1n) is 9.54. The third-order valence-electron chi connectivity index (χ3n) is 4.23. The molecule has 10 heteroatoms. The molecule has 2 rings (SSSR count). The molecule has 0 saturated heterocycles. The smallest absolute Gasteiger partial charge is 0.252 e. The Hall–Kier alpha value is -2.56. The van der Waals surface area contributed by atoms with Gasteiger partial charge in [0.25, 0.3) is 5.91 Å². The van der Waals surface area contributed by atoms with Crippen molar-refractivity contribution in [3.63, 3.8) is 0 Å². The van der Waals surface area contributed by atoms with Gasteiger partial charge in [0.1, 0.15) is 36.6 Å². The second-order valence-electron chi connectivity index (χ2n) is 6.71. The molecule has 1 amide bonds. The van der Waals surface area contributed by atoms with Crippen LogP contribution >= 0.6 is 12.4 Å². The first-order valence-corrected chi connectivity index (χ1v) is 9.54. The van der Waals surface area contributed by atoms with E-state index in [-0.39, 0.29) is 56.5 Å². The number of primary amides is 1. The molecule has 172 valence electrons. The van der Waals surface area contributed by atoms with E-state index in [9.17, 15) is 20.1 Å². The topological polar surface area (TPSA) is 154 Å². The van der Waals surface area contributed by atoms with E-state index in [1.54, 1.807) is 18.2 Å². The van der Waals surface area contributed by atoms with Crippen LogP contribution in [0.2, 0.25) is 0 Å². The fraction of sp³-hybridized carbons (Fsp3) is 0.381. The summed E-state index contributed by atoms with van der Waals surface area (Å²) in [4.78, 5) is 11.2. The number of hydrogen-bond donors (Lipinski definition) is 6. The highest BCUT2D eigenvalue weighted by Gasteiger charge is 2.12. The average Bonchev–Trinajstić information content (AvgIpc) is 2.73. The molecule has 0 fully saturated rings. The summed E-state index contributed by atoms with van der Waals surface area (Å²) < 4.78 is 11.1. The highest BCUT2D eigenvalue weighted by molar-refractivity contribution is 5.95. The molecule has 0 aliphatic heterocycles. The number of phenols is 1. The van der Waals surface area contributed by atoms with Gasteiger partial charge in [0.15, 0.2) is 0 Å². The molecular formula is C21H29ClN2O7. The molecule has 0 bridgehead atoms. The first kappa shape index (κ1) is 26.5. The summed E-state index contributed by atoms with van der Waals surface area (Å²) >= 11 is 0. The average molecular weight is 457 g/mol. The van der Waals surface area contributed by atoms with Crippen molar-refractivity contribution < 1.29 is 34.7 Å². The summed E-state index contributed by atoms with van der Waals surface area (Å²) in [5.41, 5.74) is 5.91. The van der Waals surface area contributed by atoms with Crippen molar-refractivity contribution in [2.75, 3.05) is 32.9 Å². The predicted octanol–water partition coefficient (Wildman–Crippen LogP) is 0.217. The Morgan fingerprint density at radius 2 is 1.84 bits per heavy atom. The van der Waals surface area contributed by atoms with Crippen molar-refractivity contribution in [1.29, 1.82) is 0 Å². The summed E-state index contributed by atoms with van der Waals surface area (Å²) in [6, 6.07) is 11.4. The second-order valence-corrected chi connectivity index (χ2v) is 6.71. The molecule has 2 aromatic rings. The largest absolute Gasteiger partial charge is 0.507 e. The molecule has 7 N–H and O–H groups in total. The number of carbonyl (C=O) groups excluding carboxylic acids is 1. The number of carbonyl (C=O) groups is 1. The third-order valence-corrected chi connectivity index (χ3v) is 4.23. The molecule has 0 spiro atoms. The number of nitrogens with one attached hydrogen (secondary N) is 1. The fourth-order valence-corrected chi connectivity index (χ4v) is 2.69. The number of nitrogens with two attached hydrogens (primary N) is 1. The van der Waals surface area contributed by atoms with E-state index in [0.29, 0.717) is 18.0 Å². The Balaban J connectivity index is 0.00000480. The van der Waals surface area contributed by atoms with Crippen LogP contribution in [0, 0.1) is 0 Å². The Bertz CT molecular complexity index is 822. The van der Waals surface area contributed by atoms with E-state index in [4.69, 9.17) is 20.3 Å². The lowest BCUT2D eigenvalue weighted by Crippen LogP contribution is -2.33. The van der Waals surface area contributed by atoms with Crippen LogP contribution in [0.1, 0.15) is 15.9 Å². The maximum absolute atomic E-state index is 11.2. The number of hydrogen-bond acceptors (Lipinski definition) is 8. The molecule has 0 aliphatic rings. The van der Waals surface area contributed by atoms with Crippen LogP contribution in [0.5, 0.6) is 17.2 Å². The second kappa shape index (κ2) is 13.7. The van der Waals surface area contributed by atoms with Gasteiger partial charge < -0.3 is 41.0 Å². The van der Waals surface area contributed by atoms with E-state index in [1.807, 2.05) is 6.07 Å². The van der Waals surface area contributed by atoms with E-state index >= 15 is 0 Å². The maximum atomic E-state index is 11.2. The first-order chi connectivity index (χ1) is 14.4. The van der Waals surface area contributed by atoms with Gasteiger partial charge in [-0.25, -0.2) is 0 Å². The van der Waals surface area contributed by atoms with E-state index in [2.05, 4.69) is 5.32 Å². The van der Waals surface area contributed by atoms with Gasteiger partial charge in [-0.1, -0.05) is 18.2 Å². The lowest BCUT2D eigenvalue weighted by atomic mass is 10.1. The van der Waals surface area contributed by atoms with E-state index < -0.39 is 18.1 Å². The number of rotatable bonds is 13. The van der Waals surface area contributed by atoms with Gasteiger partial charge in [-0.3, -0.25) is 4.79 Å². The molecule has 2 unspecified atom stereocenters. The van der Waals surface area contributed by atoms with Gasteiger partial charge in [-0.15, -0.1) is 12.4 Å². The molecular weight excluding hydrogens is 428 g/mol. The minimum Gasteiger partial charge on any atom is -0.507 e. The van der Waals surface area contributed by atoms with Gasteiger partial charge in [0, 0.05) is 19.5 Å². The number of aliphatic hydroxyl groups is 3. The highest BCUT2D eigenvalue weighted by Crippen LogP contribution is 2.22. The molecule has 2 aromatic carbocycles. The van der Waals surface area contributed by atoms with Crippen LogP contribution < -0.4 is 20.5 Å². The summed E-state index contributed by atoms with van der Waals surface area (Å²) in [5, 5.41) is 41.2. The lowest BCUT2D eigenvalue weighted by Gasteiger charge is -2.16. The quantitative estimate of drug-likeness (QED) is 0.234. The van der Waals surface area contributed by atoms with E-state index in [0.717, 1.165) is 5.56 Å². The van der Waals surface area contributed by atoms with Crippen LogP contribution in [-0.4, -0.2) is 71.5 Å². The monoisotopic (exact) mass is 456 g/mol. The van der Waals surface area contributed by atoms with Crippen molar-refractivity contribution >= 4 is 18.3 Å². The molecule has 0 heterocycles. The van der Waals surface area contributed by atoms with E-state index in [1.165, 1.54) is 18.2 Å². The molecule has 0 aromatic heterocycles. The van der Waals surface area contributed by atoms with Gasteiger partial charge in [0.05, 0.1) is 18.3 Å². The standard InChI is InChI=1S/C21H28N2O7.ClH/c22-21(28)18-10-17(5-6-19(18)27)29-8-7-23-11-16(26)13-30-20-4-2-1-3-14(20)9-15(25)12-24;/h1-6,10,15-16,23-27H,7-9,11-13H2,(H2,22,28);1H. The van der Waals surface area contributed by atoms with Gasteiger partial charge >= 0.3 is 0 Å². The number of aromatic hydroxyl groups is 1. The summed E-state index contributed by atoms with van der Waals surface area (Å²) in [7, 11) is 0. The zero-order chi connectivity index (χ0) is 21.9. The predicted molar refractivity (Wildman–Crippen MR) is 117 cm³/mol. The SMILES string of the molecule is Cl.NC(=O)c1cc(OCCNCC(O)COc2ccccc2CC(O)CO)ccc1O. The van der Waals surface area contributed by atoms with Crippen molar-refractivity contribution in [3.05, 3.63) is 53.6 Å². The molecule has 0 aliphatic carbocycles. The Morgan fingerprint density at radius 1 is 1.10 bits per heavy atom. The molecule has 2 atom stereocenters. The molecule has 0 saturated carbocycles. The van der Waals surface area contributed by atoms with Crippen molar-refractivity contribution in [2.45, 2.75) is 18.6 Å². The number of amides is 1. The number of ether oxygens (including phenoxy) is 2. The van der Waals surface area contributed by atoms with Crippen molar-refractivity contribution in [3.8, 4) is 17.2 Å². The van der Waals surface area contributed by atoms with Gasteiger partial charge in [-0.2, -0.15) is 0 Å². The zero-order valence-electron chi connectivity index (χ0n) is 16.9. The Kier molecular flexibility index (Phi) is 11.7. The van der Waals surface area contributed by atoms with Crippen molar-refractivity contribution in [1.82, 2.24) is 5.32 Å². The van der Waals surface area contributed by atoms with Crippen molar-refractivity contribution in [2.24, 2.45) is 5.73 Å². The Morgan fingerprint density at radius 3 is 2.55 bits per heavy atom.